The van der Waals surface area contributed by atoms with Crippen LogP contribution in [-0.4, -0.2) is 11.5 Å². The molecule has 0 spiro atoms. The molecule has 3 heteroatoms. The fourth-order valence-corrected chi connectivity index (χ4v) is 3.73. The first-order valence-corrected chi connectivity index (χ1v) is 9.14. The van der Waals surface area contributed by atoms with Gasteiger partial charge < -0.3 is 10.1 Å². The molecular formula is C22H27NO2. The van der Waals surface area contributed by atoms with Crippen molar-refractivity contribution in [2.75, 3.05) is 0 Å². The van der Waals surface area contributed by atoms with Crippen molar-refractivity contribution >= 4 is 5.91 Å². The Morgan fingerprint density at radius 2 is 1.88 bits per heavy atom. The van der Waals surface area contributed by atoms with Crippen molar-refractivity contribution in [2.45, 2.75) is 58.6 Å². The molecule has 1 amide bonds. The van der Waals surface area contributed by atoms with Gasteiger partial charge in [0, 0.05) is 17.5 Å². The van der Waals surface area contributed by atoms with Crippen molar-refractivity contribution in [3.05, 3.63) is 64.7 Å². The molecule has 1 unspecified atom stereocenters. The highest BCUT2D eigenvalue weighted by Crippen LogP contribution is 2.42. The van der Waals surface area contributed by atoms with Crippen molar-refractivity contribution < 1.29 is 9.53 Å². The van der Waals surface area contributed by atoms with Gasteiger partial charge in [0.1, 0.15) is 11.4 Å². The number of rotatable bonds is 4. The van der Waals surface area contributed by atoms with E-state index in [1.54, 1.807) is 0 Å². The van der Waals surface area contributed by atoms with Gasteiger partial charge in [-0.25, -0.2) is 0 Å². The zero-order valence-electron chi connectivity index (χ0n) is 15.6. The van der Waals surface area contributed by atoms with Crippen LogP contribution in [0.4, 0.5) is 0 Å². The Morgan fingerprint density at radius 3 is 2.56 bits per heavy atom. The number of benzene rings is 2. The largest absolute Gasteiger partial charge is 0.487 e. The second kappa shape index (κ2) is 6.91. The van der Waals surface area contributed by atoms with Crippen molar-refractivity contribution in [3.8, 4) is 5.75 Å². The van der Waals surface area contributed by atoms with E-state index >= 15 is 0 Å². The molecule has 0 fully saturated rings. The molecule has 1 aliphatic heterocycles. The van der Waals surface area contributed by atoms with Crippen molar-refractivity contribution in [2.24, 2.45) is 0 Å². The molecule has 1 atom stereocenters. The molecule has 2 aromatic carbocycles. The topological polar surface area (TPSA) is 38.3 Å². The molecule has 25 heavy (non-hydrogen) atoms. The third-order valence-electron chi connectivity index (χ3n) is 5.42. The maximum absolute atomic E-state index is 12.9. The van der Waals surface area contributed by atoms with Crippen LogP contribution in [0.1, 0.15) is 66.2 Å². The monoisotopic (exact) mass is 337 g/mol. The second-order valence-electron chi connectivity index (χ2n) is 7.08. The Hall–Kier alpha value is -2.29. The van der Waals surface area contributed by atoms with Gasteiger partial charge in [0.15, 0.2) is 0 Å². The summed E-state index contributed by atoms with van der Waals surface area (Å²) in [6.07, 6.45) is 2.65. The third-order valence-corrected chi connectivity index (χ3v) is 5.42. The molecule has 0 aromatic heterocycles. The number of carbonyl (C=O) groups excluding carboxylic acids is 1. The predicted octanol–water partition coefficient (Wildman–Crippen LogP) is 5.12. The van der Waals surface area contributed by atoms with Gasteiger partial charge in [-0.1, -0.05) is 49.7 Å². The average molecular weight is 337 g/mol. The fourth-order valence-electron chi connectivity index (χ4n) is 3.73. The highest BCUT2D eigenvalue weighted by atomic mass is 16.5. The molecule has 1 heterocycles. The summed E-state index contributed by atoms with van der Waals surface area (Å²) in [4.78, 5) is 12.9. The number of para-hydroxylation sites is 1. The maximum atomic E-state index is 12.9. The van der Waals surface area contributed by atoms with E-state index in [1.165, 1.54) is 5.56 Å². The van der Waals surface area contributed by atoms with Gasteiger partial charge in [-0.15, -0.1) is 0 Å². The first-order chi connectivity index (χ1) is 12.0. The maximum Gasteiger partial charge on any atom is 0.252 e. The minimum absolute atomic E-state index is 0.0136. The molecule has 0 bridgehead atoms. The summed E-state index contributed by atoms with van der Waals surface area (Å²) >= 11 is 0. The number of aryl methyl sites for hydroxylation is 2. The van der Waals surface area contributed by atoms with Crippen molar-refractivity contribution in [3.63, 3.8) is 0 Å². The number of ether oxygens (including phenoxy) is 1. The van der Waals surface area contributed by atoms with Crippen LogP contribution in [0.3, 0.4) is 0 Å². The molecule has 1 N–H and O–H groups in total. The molecule has 3 nitrogen and oxygen atoms in total. The lowest BCUT2D eigenvalue weighted by Crippen LogP contribution is -2.44. The summed E-state index contributed by atoms with van der Waals surface area (Å²) in [5.41, 5.74) is 3.78. The Bertz CT molecular complexity index is 777. The standard InChI is InChI=1S/C22H27NO2/c1-5-22(6-2)14-19(18-9-7-8-10-20(18)25-22)23-21(24)17-12-11-15(3)13-16(17)4/h7-13,19H,5-6,14H2,1-4H3,(H,23,24). The smallest absolute Gasteiger partial charge is 0.252 e. The van der Waals surface area contributed by atoms with Crippen LogP contribution in [0.25, 0.3) is 0 Å². The summed E-state index contributed by atoms with van der Waals surface area (Å²) in [6.45, 7) is 8.34. The minimum Gasteiger partial charge on any atom is -0.487 e. The molecule has 0 aliphatic carbocycles. The van der Waals surface area contributed by atoms with E-state index in [9.17, 15) is 4.79 Å². The molecule has 1 aliphatic rings. The number of hydrogen-bond acceptors (Lipinski definition) is 2. The van der Waals surface area contributed by atoms with Crippen LogP contribution < -0.4 is 10.1 Å². The van der Waals surface area contributed by atoms with Crippen LogP contribution in [0.5, 0.6) is 5.75 Å². The lowest BCUT2D eigenvalue weighted by atomic mass is 9.83. The molecular weight excluding hydrogens is 310 g/mol. The predicted molar refractivity (Wildman–Crippen MR) is 101 cm³/mol. The minimum atomic E-state index is -0.214. The van der Waals surface area contributed by atoms with E-state index in [0.717, 1.165) is 41.7 Å². The highest BCUT2D eigenvalue weighted by molar-refractivity contribution is 5.96. The lowest BCUT2D eigenvalue weighted by Gasteiger charge is -2.41. The SMILES string of the molecule is CCC1(CC)CC(NC(=O)c2ccc(C)cc2C)c2ccccc2O1. The quantitative estimate of drug-likeness (QED) is 0.841. The summed E-state index contributed by atoms with van der Waals surface area (Å²) < 4.78 is 6.32. The van der Waals surface area contributed by atoms with Gasteiger partial charge in [0.2, 0.25) is 0 Å². The van der Waals surface area contributed by atoms with Crippen LogP contribution in [-0.2, 0) is 0 Å². The molecule has 0 saturated carbocycles. The molecule has 2 aromatic rings. The van der Waals surface area contributed by atoms with Gasteiger partial charge in [-0.05, 0) is 44.4 Å². The zero-order chi connectivity index (χ0) is 18.0. The normalized spacial score (nSPS) is 18.2. The van der Waals surface area contributed by atoms with Crippen LogP contribution in [0, 0.1) is 13.8 Å². The number of hydrogen-bond donors (Lipinski definition) is 1. The Balaban J connectivity index is 1.91. The van der Waals surface area contributed by atoms with Crippen LogP contribution in [0.15, 0.2) is 42.5 Å². The van der Waals surface area contributed by atoms with Crippen molar-refractivity contribution in [1.82, 2.24) is 5.32 Å². The van der Waals surface area contributed by atoms with E-state index < -0.39 is 0 Å². The van der Waals surface area contributed by atoms with E-state index in [0.29, 0.717) is 0 Å². The van der Waals surface area contributed by atoms with Gasteiger partial charge in [-0.2, -0.15) is 0 Å². The van der Waals surface area contributed by atoms with E-state index in [2.05, 4.69) is 31.3 Å². The van der Waals surface area contributed by atoms with Gasteiger partial charge in [-0.3, -0.25) is 4.79 Å². The second-order valence-corrected chi connectivity index (χ2v) is 7.08. The van der Waals surface area contributed by atoms with Crippen LogP contribution in [0.2, 0.25) is 0 Å². The summed E-state index contributed by atoms with van der Waals surface area (Å²) in [5, 5.41) is 3.26. The Kier molecular flexibility index (Phi) is 4.85. The number of fused-ring (bicyclic) bond motifs is 1. The zero-order valence-corrected chi connectivity index (χ0v) is 15.6. The van der Waals surface area contributed by atoms with Gasteiger partial charge in [0.05, 0.1) is 6.04 Å². The Morgan fingerprint density at radius 1 is 1.16 bits per heavy atom. The van der Waals surface area contributed by atoms with Crippen LogP contribution >= 0.6 is 0 Å². The average Bonchev–Trinajstić information content (AvgIpc) is 2.61. The van der Waals surface area contributed by atoms with E-state index in [4.69, 9.17) is 4.74 Å². The third kappa shape index (κ3) is 3.41. The lowest BCUT2D eigenvalue weighted by molar-refractivity contribution is 0.0227. The first kappa shape index (κ1) is 17.5. The Labute approximate surface area is 150 Å². The first-order valence-electron chi connectivity index (χ1n) is 9.14. The van der Waals surface area contributed by atoms with Crippen molar-refractivity contribution in [1.29, 1.82) is 0 Å². The summed E-state index contributed by atoms with van der Waals surface area (Å²) in [7, 11) is 0. The molecule has 132 valence electrons. The number of amides is 1. The van der Waals surface area contributed by atoms with E-state index in [1.807, 2.05) is 44.2 Å². The van der Waals surface area contributed by atoms with E-state index in [-0.39, 0.29) is 17.6 Å². The van der Waals surface area contributed by atoms with Gasteiger partial charge >= 0.3 is 0 Å². The molecule has 0 saturated heterocycles. The number of nitrogens with one attached hydrogen (secondary N) is 1. The number of carbonyl (C=O) groups is 1. The molecule has 3 rings (SSSR count). The fraction of sp³-hybridized carbons (Fsp3) is 0.409. The summed E-state index contributed by atoms with van der Waals surface area (Å²) in [5.74, 6) is 0.878. The van der Waals surface area contributed by atoms with Gasteiger partial charge in [0.25, 0.3) is 5.91 Å². The summed E-state index contributed by atoms with van der Waals surface area (Å²) in [6, 6.07) is 14.0. The molecule has 0 radical (unpaired) electrons. The highest BCUT2D eigenvalue weighted by Gasteiger charge is 2.39.